The van der Waals surface area contributed by atoms with Crippen LogP contribution in [0.25, 0.3) is 38.9 Å². The molecule has 1 aliphatic heterocycles. The Kier molecular flexibility index (Phi) is 7.72. The van der Waals surface area contributed by atoms with E-state index < -0.39 is 0 Å². The Morgan fingerprint density at radius 3 is 2.56 bits per heavy atom. The molecule has 0 spiro atoms. The maximum atomic E-state index is 12.9. The van der Waals surface area contributed by atoms with Gasteiger partial charge in [0.2, 0.25) is 5.91 Å². The number of carbonyl (C=O) groups excluding carboxylic acids is 1. The number of aromatic amines is 2. The molecule has 0 bridgehead atoms. The lowest BCUT2D eigenvalue weighted by molar-refractivity contribution is -0.125. The van der Waals surface area contributed by atoms with Crippen LogP contribution in [0.15, 0.2) is 60.7 Å². The Morgan fingerprint density at radius 1 is 1.00 bits per heavy atom. The zero-order chi connectivity index (χ0) is 28.3. The largest absolute Gasteiger partial charge is 0.370 e. The predicted octanol–water partition coefficient (Wildman–Crippen LogP) is 7.05. The lowest BCUT2D eigenvalue weighted by Gasteiger charge is -2.28. The highest BCUT2D eigenvalue weighted by Crippen LogP contribution is 2.34. The van der Waals surface area contributed by atoms with E-state index in [1.54, 1.807) is 0 Å². The summed E-state index contributed by atoms with van der Waals surface area (Å²) in [6, 6.07) is 4.29. The van der Waals surface area contributed by atoms with Crippen LogP contribution in [0.4, 0.5) is 5.69 Å². The van der Waals surface area contributed by atoms with E-state index in [4.69, 9.17) is 4.98 Å². The van der Waals surface area contributed by atoms with Crippen molar-refractivity contribution in [3.63, 3.8) is 0 Å². The fraction of sp³-hybridized carbons (Fsp3) is 0.394. The summed E-state index contributed by atoms with van der Waals surface area (Å²) in [6.07, 6.45) is 18.9. The maximum absolute atomic E-state index is 12.9. The molecule has 1 amide bonds. The first-order valence-corrected chi connectivity index (χ1v) is 14.9. The fourth-order valence-corrected chi connectivity index (χ4v) is 6.22. The summed E-state index contributed by atoms with van der Waals surface area (Å²) in [5.41, 5.74) is 8.24. The fourth-order valence-electron chi connectivity index (χ4n) is 6.22. The minimum atomic E-state index is 0.106. The molecule has 8 heteroatoms. The molecule has 4 aromatic heterocycles. The molecule has 0 radical (unpaired) electrons. The highest BCUT2D eigenvalue weighted by atomic mass is 16.1. The monoisotopic (exact) mass is 549 g/mol. The number of hydrogen-bond acceptors (Lipinski definition) is 5. The predicted molar refractivity (Wildman–Crippen MR) is 166 cm³/mol. The molecule has 1 saturated heterocycles. The molecule has 3 N–H and O–H groups in total. The first kappa shape index (κ1) is 27.0. The summed E-state index contributed by atoms with van der Waals surface area (Å²) < 4.78 is 0. The Balaban J connectivity index is 1.33. The molecule has 0 aromatic carbocycles. The smallest absolute Gasteiger partial charge is 0.227 e. The van der Waals surface area contributed by atoms with Gasteiger partial charge in [0.05, 0.1) is 29.3 Å². The second-order valence-electron chi connectivity index (χ2n) is 11.6. The Hall–Kier alpha value is -4.20. The van der Waals surface area contributed by atoms with Gasteiger partial charge in [0.1, 0.15) is 5.69 Å². The van der Waals surface area contributed by atoms with Gasteiger partial charge < -0.3 is 15.2 Å². The molecule has 2 fully saturated rings. The normalized spacial score (nSPS) is 17.4. The molecule has 0 atom stereocenters. The van der Waals surface area contributed by atoms with Gasteiger partial charge in [0.25, 0.3) is 0 Å². The van der Waals surface area contributed by atoms with Gasteiger partial charge in [-0.1, -0.05) is 37.5 Å². The van der Waals surface area contributed by atoms with Crippen molar-refractivity contribution >= 4 is 39.1 Å². The summed E-state index contributed by atoms with van der Waals surface area (Å²) in [5.74, 6) is 0.227. The van der Waals surface area contributed by atoms with Crippen molar-refractivity contribution in [3.05, 3.63) is 66.3 Å². The van der Waals surface area contributed by atoms with Crippen LogP contribution in [-0.2, 0) is 4.79 Å². The van der Waals surface area contributed by atoms with E-state index in [-0.39, 0.29) is 11.8 Å². The highest BCUT2D eigenvalue weighted by Gasteiger charge is 2.21. The first-order chi connectivity index (χ1) is 20.0. The van der Waals surface area contributed by atoms with E-state index in [2.05, 4.69) is 49.1 Å². The summed E-state index contributed by atoms with van der Waals surface area (Å²) in [7, 11) is 0. The molecule has 0 unspecified atom stereocenters. The third kappa shape index (κ3) is 5.82. The molecular weight excluding hydrogens is 510 g/mol. The van der Waals surface area contributed by atoms with Gasteiger partial charge >= 0.3 is 0 Å². The van der Waals surface area contributed by atoms with Gasteiger partial charge in [-0.3, -0.25) is 14.9 Å². The number of allylic oxidation sites excluding steroid dienone is 5. The van der Waals surface area contributed by atoms with Gasteiger partial charge in [0.15, 0.2) is 5.65 Å². The number of hydrogen-bond donors (Lipinski definition) is 3. The number of H-pyrrole nitrogens is 2. The summed E-state index contributed by atoms with van der Waals surface area (Å²) in [6.45, 7) is 10.1. The van der Waals surface area contributed by atoms with Crippen LogP contribution in [0, 0.1) is 5.92 Å². The van der Waals surface area contributed by atoms with Crippen molar-refractivity contribution in [2.75, 3.05) is 18.0 Å². The van der Waals surface area contributed by atoms with E-state index in [1.165, 1.54) is 31.4 Å². The van der Waals surface area contributed by atoms with Gasteiger partial charge in [-0.25, -0.2) is 4.98 Å². The first-order valence-electron chi connectivity index (χ1n) is 14.9. The molecule has 6 rings (SSSR count). The minimum Gasteiger partial charge on any atom is -0.370 e. The molecular formula is C33H39N7O. The van der Waals surface area contributed by atoms with Crippen molar-refractivity contribution in [1.29, 1.82) is 0 Å². The Labute approximate surface area is 241 Å². The standard InChI is InChI=1S/C33H39N7O/c1-21(2)14-24(15-22(3)36-33(41)23-10-6-4-7-11-23)25-16-27-31(38-39-32(27)35-18-25)28-17-26-29(37-28)19-34-20-30(26)40-12-8-5-9-13-40/h14-20,23,37H,1,4-13H2,2-3H3,(H,36,41)(H,35,38,39)/b22-15+,24-14+. The number of nitrogens with one attached hydrogen (secondary N) is 3. The van der Waals surface area contributed by atoms with Crippen LogP contribution in [0.1, 0.15) is 70.8 Å². The number of amides is 1. The maximum Gasteiger partial charge on any atom is 0.227 e. The van der Waals surface area contributed by atoms with Crippen molar-refractivity contribution in [2.24, 2.45) is 5.92 Å². The SMILES string of the molecule is C=C(C)/C=C(\C=C(/C)NC(=O)C1CCCCC1)c1cnc2[nH]nc(-c3cc4c(N5CCCCC5)cncc4[nH]3)c2c1. The molecule has 2 aliphatic rings. The average molecular weight is 550 g/mol. The minimum absolute atomic E-state index is 0.106. The van der Waals surface area contributed by atoms with Crippen molar-refractivity contribution in [3.8, 4) is 11.4 Å². The van der Waals surface area contributed by atoms with Crippen LogP contribution < -0.4 is 10.2 Å². The number of rotatable bonds is 7. The number of aromatic nitrogens is 5. The van der Waals surface area contributed by atoms with Crippen LogP contribution in [0.3, 0.4) is 0 Å². The Bertz CT molecular complexity index is 1640. The highest BCUT2D eigenvalue weighted by molar-refractivity contribution is 5.99. The van der Waals surface area contributed by atoms with Crippen molar-refractivity contribution < 1.29 is 4.79 Å². The summed E-state index contributed by atoms with van der Waals surface area (Å²) >= 11 is 0. The van der Waals surface area contributed by atoms with Crippen LogP contribution in [-0.4, -0.2) is 44.1 Å². The van der Waals surface area contributed by atoms with Crippen LogP contribution in [0.2, 0.25) is 0 Å². The van der Waals surface area contributed by atoms with E-state index in [0.29, 0.717) is 0 Å². The van der Waals surface area contributed by atoms with Gasteiger partial charge in [0, 0.05) is 47.2 Å². The third-order valence-corrected chi connectivity index (χ3v) is 8.30. The van der Waals surface area contributed by atoms with E-state index in [9.17, 15) is 4.79 Å². The van der Waals surface area contributed by atoms with E-state index in [1.807, 2.05) is 44.6 Å². The van der Waals surface area contributed by atoms with Gasteiger partial charge in [-0.05, 0) is 69.7 Å². The second-order valence-corrected chi connectivity index (χ2v) is 11.6. The number of carbonyl (C=O) groups is 1. The second kappa shape index (κ2) is 11.7. The number of pyridine rings is 2. The van der Waals surface area contributed by atoms with Gasteiger partial charge in [-0.2, -0.15) is 5.10 Å². The molecule has 5 heterocycles. The topological polar surface area (TPSA) is 103 Å². The number of piperidine rings is 1. The number of nitrogens with zero attached hydrogens (tertiary/aromatic N) is 4. The van der Waals surface area contributed by atoms with Crippen molar-refractivity contribution in [2.45, 2.75) is 65.2 Å². The van der Waals surface area contributed by atoms with E-state index in [0.717, 1.165) is 94.5 Å². The zero-order valence-electron chi connectivity index (χ0n) is 24.1. The molecule has 212 valence electrons. The van der Waals surface area contributed by atoms with Crippen LogP contribution in [0.5, 0.6) is 0 Å². The molecule has 1 aliphatic carbocycles. The average Bonchev–Trinajstić information content (AvgIpc) is 3.61. The summed E-state index contributed by atoms with van der Waals surface area (Å²) in [4.78, 5) is 28.1. The van der Waals surface area contributed by atoms with Gasteiger partial charge in [-0.15, -0.1) is 0 Å². The van der Waals surface area contributed by atoms with E-state index >= 15 is 0 Å². The summed E-state index contributed by atoms with van der Waals surface area (Å²) in [5, 5.41) is 13.0. The van der Waals surface area contributed by atoms with Crippen LogP contribution >= 0.6 is 0 Å². The number of anilines is 1. The lowest BCUT2D eigenvalue weighted by Crippen LogP contribution is -2.30. The molecule has 41 heavy (non-hydrogen) atoms. The van der Waals surface area contributed by atoms with Crippen molar-refractivity contribution in [1.82, 2.24) is 30.5 Å². The zero-order valence-corrected chi connectivity index (χ0v) is 24.1. The Morgan fingerprint density at radius 2 is 1.78 bits per heavy atom. The molecule has 4 aromatic rings. The quantitative estimate of drug-likeness (QED) is 0.214. The molecule has 1 saturated carbocycles. The molecule has 8 nitrogen and oxygen atoms in total. The number of fused-ring (bicyclic) bond motifs is 2. The third-order valence-electron chi connectivity index (χ3n) is 8.30. The lowest BCUT2D eigenvalue weighted by atomic mass is 9.88.